The van der Waals surface area contributed by atoms with E-state index in [1.807, 2.05) is 19.1 Å². The number of hydrogen-bond acceptors (Lipinski definition) is 2. The lowest BCUT2D eigenvalue weighted by atomic mass is 10.2. The Kier molecular flexibility index (Phi) is 5.19. The van der Waals surface area contributed by atoms with Crippen LogP contribution in [-0.4, -0.2) is 24.6 Å². The van der Waals surface area contributed by atoms with Gasteiger partial charge in [-0.25, -0.2) is 0 Å². The van der Waals surface area contributed by atoms with Crippen molar-refractivity contribution in [2.24, 2.45) is 0 Å². The Morgan fingerprint density at radius 1 is 1.07 bits per heavy atom. The van der Waals surface area contributed by atoms with E-state index in [2.05, 4.69) is 30.9 Å². The smallest absolute Gasteiger partial charge is 0.123 e. The van der Waals surface area contributed by atoms with Gasteiger partial charge < -0.3 is 4.74 Å². The SMILES string of the molecule is CCOc1ccccc1CN(CC)CC. The van der Waals surface area contributed by atoms with Crippen LogP contribution in [0.15, 0.2) is 24.3 Å². The molecule has 0 saturated heterocycles. The molecular weight excluding hydrogens is 186 g/mol. The highest BCUT2D eigenvalue weighted by molar-refractivity contribution is 5.33. The van der Waals surface area contributed by atoms with Crippen LogP contribution < -0.4 is 4.74 Å². The van der Waals surface area contributed by atoms with Gasteiger partial charge in [-0.05, 0) is 26.1 Å². The van der Waals surface area contributed by atoms with E-state index in [-0.39, 0.29) is 0 Å². The molecule has 0 aliphatic heterocycles. The van der Waals surface area contributed by atoms with Gasteiger partial charge in [0.25, 0.3) is 0 Å². The second kappa shape index (κ2) is 6.46. The second-order valence-electron chi connectivity index (χ2n) is 3.50. The molecular formula is C13H21NO. The zero-order valence-corrected chi connectivity index (χ0v) is 9.99. The fourth-order valence-corrected chi connectivity index (χ4v) is 1.62. The van der Waals surface area contributed by atoms with Crippen molar-refractivity contribution in [1.29, 1.82) is 0 Å². The van der Waals surface area contributed by atoms with E-state index in [1.165, 1.54) is 5.56 Å². The van der Waals surface area contributed by atoms with E-state index in [0.717, 1.165) is 32.0 Å². The van der Waals surface area contributed by atoms with Crippen LogP contribution in [-0.2, 0) is 6.54 Å². The monoisotopic (exact) mass is 207 g/mol. The van der Waals surface area contributed by atoms with Crippen molar-refractivity contribution in [3.63, 3.8) is 0 Å². The summed E-state index contributed by atoms with van der Waals surface area (Å²) in [6.07, 6.45) is 0. The van der Waals surface area contributed by atoms with Gasteiger partial charge >= 0.3 is 0 Å². The summed E-state index contributed by atoms with van der Waals surface area (Å²) in [4.78, 5) is 2.39. The maximum atomic E-state index is 5.60. The largest absolute Gasteiger partial charge is 0.494 e. The van der Waals surface area contributed by atoms with Crippen molar-refractivity contribution in [2.45, 2.75) is 27.3 Å². The summed E-state index contributed by atoms with van der Waals surface area (Å²) in [6, 6.07) is 8.28. The minimum atomic E-state index is 0.731. The third-order valence-corrected chi connectivity index (χ3v) is 2.56. The summed E-state index contributed by atoms with van der Waals surface area (Å²) in [7, 11) is 0. The van der Waals surface area contributed by atoms with E-state index in [1.54, 1.807) is 0 Å². The van der Waals surface area contributed by atoms with Gasteiger partial charge in [-0.2, -0.15) is 0 Å². The highest BCUT2D eigenvalue weighted by atomic mass is 16.5. The van der Waals surface area contributed by atoms with Gasteiger partial charge in [0.1, 0.15) is 5.75 Å². The summed E-state index contributed by atoms with van der Waals surface area (Å²) in [5.74, 6) is 1.02. The Morgan fingerprint density at radius 2 is 1.73 bits per heavy atom. The first-order chi connectivity index (χ1) is 7.31. The molecule has 0 aliphatic rings. The molecule has 0 N–H and O–H groups in total. The maximum absolute atomic E-state index is 5.60. The predicted molar refractivity (Wildman–Crippen MR) is 64.2 cm³/mol. The maximum Gasteiger partial charge on any atom is 0.123 e. The topological polar surface area (TPSA) is 12.5 Å². The van der Waals surface area contributed by atoms with Crippen molar-refractivity contribution in [2.75, 3.05) is 19.7 Å². The van der Waals surface area contributed by atoms with Gasteiger partial charge in [0.15, 0.2) is 0 Å². The van der Waals surface area contributed by atoms with Crippen LogP contribution in [0, 0.1) is 0 Å². The Hall–Kier alpha value is -1.02. The van der Waals surface area contributed by atoms with Crippen molar-refractivity contribution in [3.8, 4) is 5.75 Å². The second-order valence-corrected chi connectivity index (χ2v) is 3.50. The molecule has 15 heavy (non-hydrogen) atoms. The van der Waals surface area contributed by atoms with E-state index in [4.69, 9.17) is 4.74 Å². The van der Waals surface area contributed by atoms with E-state index in [9.17, 15) is 0 Å². The first-order valence-corrected chi connectivity index (χ1v) is 5.74. The molecule has 1 aromatic rings. The van der Waals surface area contributed by atoms with Crippen LogP contribution in [0.25, 0.3) is 0 Å². The Balaban J connectivity index is 2.73. The molecule has 84 valence electrons. The standard InChI is InChI=1S/C13H21NO/c1-4-14(5-2)11-12-9-7-8-10-13(12)15-6-3/h7-10H,4-6,11H2,1-3H3. The lowest BCUT2D eigenvalue weighted by Crippen LogP contribution is -2.22. The highest BCUT2D eigenvalue weighted by Crippen LogP contribution is 2.19. The fourth-order valence-electron chi connectivity index (χ4n) is 1.62. The van der Waals surface area contributed by atoms with Crippen molar-refractivity contribution in [3.05, 3.63) is 29.8 Å². The lowest BCUT2D eigenvalue weighted by molar-refractivity contribution is 0.282. The number of rotatable bonds is 6. The Morgan fingerprint density at radius 3 is 2.33 bits per heavy atom. The summed E-state index contributed by atoms with van der Waals surface area (Å²) < 4.78 is 5.60. The number of hydrogen-bond donors (Lipinski definition) is 0. The first-order valence-electron chi connectivity index (χ1n) is 5.74. The van der Waals surface area contributed by atoms with Crippen LogP contribution in [0.3, 0.4) is 0 Å². The van der Waals surface area contributed by atoms with Crippen LogP contribution in [0.2, 0.25) is 0 Å². The van der Waals surface area contributed by atoms with Gasteiger partial charge in [0.2, 0.25) is 0 Å². The first kappa shape index (κ1) is 12.1. The summed E-state index contributed by atoms with van der Waals surface area (Å²) in [5.41, 5.74) is 1.28. The van der Waals surface area contributed by atoms with Gasteiger partial charge in [-0.3, -0.25) is 4.90 Å². The number of nitrogens with zero attached hydrogens (tertiary/aromatic N) is 1. The van der Waals surface area contributed by atoms with Crippen molar-refractivity contribution < 1.29 is 4.74 Å². The molecule has 0 bridgehead atoms. The van der Waals surface area contributed by atoms with Crippen molar-refractivity contribution >= 4 is 0 Å². The normalized spacial score (nSPS) is 10.7. The molecule has 2 nitrogen and oxygen atoms in total. The van der Waals surface area contributed by atoms with Crippen LogP contribution >= 0.6 is 0 Å². The molecule has 2 heteroatoms. The molecule has 1 aromatic carbocycles. The number of ether oxygens (including phenoxy) is 1. The van der Waals surface area contributed by atoms with Crippen LogP contribution in [0.5, 0.6) is 5.75 Å². The van der Waals surface area contributed by atoms with Crippen molar-refractivity contribution in [1.82, 2.24) is 4.90 Å². The van der Waals surface area contributed by atoms with E-state index < -0.39 is 0 Å². The minimum absolute atomic E-state index is 0.731. The molecule has 0 aromatic heterocycles. The van der Waals surface area contributed by atoms with Gasteiger partial charge in [-0.1, -0.05) is 32.0 Å². The molecule has 0 aliphatic carbocycles. The molecule has 0 fully saturated rings. The lowest BCUT2D eigenvalue weighted by Gasteiger charge is -2.19. The number of para-hydroxylation sites is 1. The summed E-state index contributed by atoms with van der Waals surface area (Å²) >= 11 is 0. The third kappa shape index (κ3) is 3.56. The quantitative estimate of drug-likeness (QED) is 0.711. The molecule has 0 amide bonds. The van der Waals surface area contributed by atoms with E-state index >= 15 is 0 Å². The Labute approximate surface area is 92.9 Å². The number of benzene rings is 1. The molecule has 0 radical (unpaired) electrons. The predicted octanol–water partition coefficient (Wildman–Crippen LogP) is 2.93. The summed E-state index contributed by atoms with van der Waals surface area (Å²) in [6.45, 7) is 10.3. The zero-order valence-electron chi connectivity index (χ0n) is 9.99. The van der Waals surface area contributed by atoms with Gasteiger partial charge in [0, 0.05) is 12.1 Å². The van der Waals surface area contributed by atoms with Gasteiger partial charge in [-0.15, -0.1) is 0 Å². The summed E-state index contributed by atoms with van der Waals surface area (Å²) in [5, 5.41) is 0. The van der Waals surface area contributed by atoms with E-state index in [0.29, 0.717) is 0 Å². The zero-order chi connectivity index (χ0) is 11.1. The molecule has 0 atom stereocenters. The average molecular weight is 207 g/mol. The molecule has 0 unspecified atom stereocenters. The molecule has 0 spiro atoms. The molecule has 1 rings (SSSR count). The Bertz CT molecular complexity index is 282. The highest BCUT2D eigenvalue weighted by Gasteiger charge is 2.05. The fraction of sp³-hybridized carbons (Fsp3) is 0.538. The minimum Gasteiger partial charge on any atom is -0.494 e. The van der Waals surface area contributed by atoms with Gasteiger partial charge in [0.05, 0.1) is 6.61 Å². The average Bonchev–Trinajstić information content (AvgIpc) is 2.28. The third-order valence-electron chi connectivity index (χ3n) is 2.56. The molecule has 0 saturated carbocycles. The molecule has 0 heterocycles. The van der Waals surface area contributed by atoms with Crippen LogP contribution in [0.1, 0.15) is 26.3 Å². The van der Waals surface area contributed by atoms with Crippen LogP contribution in [0.4, 0.5) is 0 Å².